The first-order valence-corrected chi connectivity index (χ1v) is 5.12. The van der Waals surface area contributed by atoms with Gasteiger partial charge >= 0.3 is 8.80 Å². The van der Waals surface area contributed by atoms with Crippen LogP contribution in [0.2, 0.25) is 18.6 Å². The van der Waals surface area contributed by atoms with Crippen LogP contribution in [-0.4, -0.2) is 8.80 Å². The van der Waals surface area contributed by atoms with E-state index in [-0.39, 0.29) is 8.80 Å². The van der Waals surface area contributed by atoms with Gasteiger partial charge in [-0.05, 0) is 12.8 Å². The molecule has 1 fully saturated rings. The van der Waals surface area contributed by atoms with E-state index in [1.54, 1.807) is 12.1 Å². The Morgan fingerprint density at radius 1 is 1.17 bits per heavy atom. The van der Waals surface area contributed by atoms with Crippen molar-refractivity contribution in [2.24, 2.45) is 0 Å². The molecule has 1 heteroatoms. The van der Waals surface area contributed by atoms with Gasteiger partial charge in [0.15, 0.2) is 0 Å². The van der Waals surface area contributed by atoms with Gasteiger partial charge < -0.3 is 0 Å². The van der Waals surface area contributed by atoms with Gasteiger partial charge in [0.2, 0.25) is 0 Å². The molecule has 34 valence electrons. The molecule has 0 unspecified atom stereocenters. The van der Waals surface area contributed by atoms with Crippen LogP contribution in [0.15, 0.2) is 0 Å². The molecule has 0 saturated carbocycles. The molecule has 0 aromatic carbocycles. The molecule has 1 aliphatic heterocycles. The fourth-order valence-electron chi connectivity index (χ4n) is 0.979. The Kier molecular flexibility index (Phi) is 1.30. The van der Waals surface area contributed by atoms with E-state index in [1.807, 2.05) is 0 Å². The molecule has 0 amide bonds. The van der Waals surface area contributed by atoms with Gasteiger partial charge in [0.1, 0.15) is 0 Å². The topological polar surface area (TPSA) is 0 Å². The van der Waals surface area contributed by atoms with Gasteiger partial charge in [0.05, 0.1) is 18.6 Å². The Hall–Kier alpha value is 0.217. The predicted octanol–water partition coefficient (Wildman–Crippen LogP) is 1.90. The molecule has 0 radical (unpaired) electrons. The summed E-state index contributed by atoms with van der Waals surface area (Å²) in [5.74, 6) is 0. The second kappa shape index (κ2) is 1.78. The average Bonchev–Trinajstić information content (AvgIpc) is 1.86. The van der Waals surface area contributed by atoms with Crippen LogP contribution in [0.5, 0.6) is 0 Å². The van der Waals surface area contributed by atoms with Crippen molar-refractivity contribution in [2.45, 2.75) is 31.5 Å². The summed E-state index contributed by atoms with van der Waals surface area (Å²) in [5, 5.41) is 0. The lowest BCUT2D eigenvalue weighted by atomic mass is 10.4. The van der Waals surface area contributed by atoms with Crippen molar-refractivity contribution in [3.63, 3.8) is 0 Å². The lowest BCUT2D eigenvalue weighted by Crippen LogP contribution is -1.94. The van der Waals surface area contributed by atoms with Crippen LogP contribution in [0.25, 0.3) is 0 Å². The van der Waals surface area contributed by atoms with Crippen molar-refractivity contribution in [3.05, 3.63) is 0 Å². The van der Waals surface area contributed by atoms with Crippen molar-refractivity contribution in [1.29, 1.82) is 0 Å². The Bertz CT molecular complexity index is 37.2. The molecule has 0 bridgehead atoms. The average molecular weight is 99.2 g/mol. The third kappa shape index (κ3) is 0.838. The van der Waals surface area contributed by atoms with Crippen molar-refractivity contribution >= 4 is 8.80 Å². The third-order valence-corrected chi connectivity index (χ3v) is 3.87. The van der Waals surface area contributed by atoms with Crippen LogP contribution in [0.3, 0.4) is 0 Å². The minimum Gasteiger partial charge on any atom is -0.0228 e. The van der Waals surface area contributed by atoms with Gasteiger partial charge in [-0.2, -0.15) is 0 Å². The first-order chi connectivity index (χ1) is 2.89. The molecular formula is C5H11Si+. The van der Waals surface area contributed by atoms with E-state index in [2.05, 4.69) is 6.55 Å². The summed E-state index contributed by atoms with van der Waals surface area (Å²) in [6.45, 7) is 2.44. The molecule has 0 N–H and O–H groups in total. The van der Waals surface area contributed by atoms with Gasteiger partial charge in [-0.15, -0.1) is 0 Å². The molecule has 6 heavy (non-hydrogen) atoms. The summed E-state index contributed by atoms with van der Waals surface area (Å²) in [6, 6.07) is 3.18. The standard InChI is InChI=1S/C5H11Si/c1-6-4-2-3-5-6/h2-5H2,1H3/q+1. The van der Waals surface area contributed by atoms with E-state index in [1.165, 1.54) is 12.8 Å². The number of hydrogen-bond donors (Lipinski definition) is 0. The minimum atomic E-state index is 0.243. The van der Waals surface area contributed by atoms with Crippen LogP contribution in [0.1, 0.15) is 12.8 Å². The van der Waals surface area contributed by atoms with Gasteiger partial charge in [0, 0.05) is 0 Å². The zero-order valence-electron chi connectivity index (χ0n) is 4.33. The highest BCUT2D eigenvalue weighted by molar-refractivity contribution is 6.57. The Balaban J connectivity index is 2.18. The fraction of sp³-hybridized carbons (Fsp3) is 1.00. The van der Waals surface area contributed by atoms with Crippen LogP contribution < -0.4 is 0 Å². The highest BCUT2D eigenvalue weighted by Crippen LogP contribution is 2.17. The molecule has 1 rings (SSSR count). The monoisotopic (exact) mass is 99.1 g/mol. The number of rotatable bonds is 0. The first-order valence-electron chi connectivity index (χ1n) is 2.71. The highest BCUT2D eigenvalue weighted by atomic mass is 28.3. The Morgan fingerprint density at radius 3 is 1.83 bits per heavy atom. The summed E-state index contributed by atoms with van der Waals surface area (Å²) in [5.41, 5.74) is 0. The lowest BCUT2D eigenvalue weighted by molar-refractivity contribution is 0.935. The summed E-state index contributed by atoms with van der Waals surface area (Å²) >= 11 is 0. The zero-order valence-corrected chi connectivity index (χ0v) is 5.33. The highest BCUT2D eigenvalue weighted by Gasteiger charge is 2.24. The van der Waals surface area contributed by atoms with Crippen LogP contribution in [0, 0.1) is 0 Å². The van der Waals surface area contributed by atoms with Crippen LogP contribution in [0.4, 0.5) is 0 Å². The summed E-state index contributed by atoms with van der Waals surface area (Å²) in [4.78, 5) is 0. The van der Waals surface area contributed by atoms with Crippen molar-refractivity contribution in [3.8, 4) is 0 Å². The van der Waals surface area contributed by atoms with Crippen molar-refractivity contribution in [1.82, 2.24) is 0 Å². The van der Waals surface area contributed by atoms with E-state index in [4.69, 9.17) is 0 Å². The molecule has 0 atom stereocenters. The fourth-order valence-corrected chi connectivity index (χ4v) is 2.94. The SMILES string of the molecule is C[Si+]1CCCC1. The second-order valence-electron chi connectivity index (χ2n) is 2.16. The smallest absolute Gasteiger partial charge is 0.0228 e. The zero-order chi connectivity index (χ0) is 4.41. The van der Waals surface area contributed by atoms with Crippen molar-refractivity contribution in [2.75, 3.05) is 0 Å². The van der Waals surface area contributed by atoms with Gasteiger partial charge in [-0.1, -0.05) is 0 Å². The molecular weight excluding hydrogens is 88.1 g/mol. The summed E-state index contributed by atoms with van der Waals surface area (Å²) in [6.07, 6.45) is 3.07. The van der Waals surface area contributed by atoms with E-state index in [9.17, 15) is 0 Å². The Morgan fingerprint density at radius 2 is 1.67 bits per heavy atom. The summed E-state index contributed by atoms with van der Waals surface area (Å²) < 4.78 is 0. The predicted molar refractivity (Wildman–Crippen MR) is 30.5 cm³/mol. The Labute approximate surface area is 41.2 Å². The van der Waals surface area contributed by atoms with E-state index >= 15 is 0 Å². The quantitative estimate of drug-likeness (QED) is 0.407. The molecule has 1 heterocycles. The number of hydrogen-bond acceptors (Lipinski definition) is 0. The third-order valence-electron chi connectivity index (χ3n) is 1.46. The second-order valence-corrected chi connectivity index (χ2v) is 5.08. The van der Waals surface area contributed by atoms with E-state index in [0.29, 0.717) is 0 Å². The lowest BCUT2D eigenvalue weighted by Gasteiger charge is -1.70. The maximum atomic E-state index is 2.44. The maximum absolute atomic E-state index is 2.44. The molecule has 0 nitrogen and oxygen atoms in total. The van der Waals surface area contributed by atoms with Gasteiger partial charge in [-0.3, -0.25) is 0 Å². The minimum absolute atomic E-state index is 0.243. The normalized spacial score (nSPS) is 22.5. The molecule has 0 aromatic rings. The van der Waals surface area contributed by atoms with Gasteiger partial charge in [-0.25, -0.2) is 0 Å². The van der Waals surface area contributed by atoms with Crippen LogP contribution >= 0.6 is 0 Å². The molecule has 0 aromatic heterocycles. The van der Waals surface area contributed by atoms with Crippen LogP contribution in [-0.2, 0) is 0 Å². The molecule has 0 spiro atoms. The van der Waals surface area contributed by atoms with E-state index in [0.717, 1.165) is 0 Å². The molecule has 1 saturated heterocycles. The molecule has 1 aliphatic rings. The first kappa shape index (κ1) is 4.38. The largest absolute Gasteiger partial charge is 0.311 e. The van der Waals surface area contributed by atoms with E-state index < -0.39 is 0 Å². The van der Waals surface area contributed by atoms with Gasteiger partial charge in [0.25, 0.3) is 0 Å². The summed E-state index contributed by atoms with van der Waals surface area (Å²) in [7, 11) is 0.243. The maximum Gasteiger partial charge on any atom is 0.311 e. The van der Waals surface area contributed by atoms with Crippen molar-refractivity contribution < 1.29 is 0 Å². The molecule has 0 aliphatic carbocycles.